The number of benzene rings is 1. The fraction of sp³-hybridized carbons (Fsp3) is 0.412. The molecular weight excluding hydrogens is 248 g/mol. The van der Waals surface area contributed by atoms with Crippen molar-refractivity contribution in [2.45, 2.75) is 26.4 Å². The summed E-state index contributed by atoms with van der Waals surface area (Å²) < 4.78 is 7.36. The summed E-state index contributed by atoms with van der Waals surface area (Å²) >= 11 is 0. The van der Waals surface area contributed by atoms with Crippen LogP contribution in [0.15, 0.2) is 42.6 Å². The first-order valence-electron chi connectivity index (χ1n) is 7.19. The van der Waals surface area contributed by atoms with Crippen LogP contribution in [-0.2, 0) is 17.8 Å². The maximum Gasteiger partial charge on any atom is 0.0587 e. The highest BCUT2D eigenvalue weighted by molar-refractivity contribution is 5.83. The smallest absolute Gasteiger partial charge is 0.0587 e. The van der Waals surface area contributed by atoms with Crippen molar-refractivity contribution < 1.29 is 4.74 Å². The summed E-state index contributed by atoms with van der Waals surface area (Å²) in [4.78, 5) is 0. The number of aromatic nitrogens is 1. The molecule has 0 spiro atoms. The van der Waals surface area contributed by atoms with Gasteiger partial charge in [-0.05, 0) is 23.4 Å². The molecule has 0 radical (unpaired) electrons. The van der Waals surface area contributed by atoms with E-state index in [4.69, 9.17) is 4.74 Å². The van der Waals surface area contributed by atoms with Gasteiger partial charge in [-0.25, -0.2) is 0 Å². The minimum absolute atomic E-state index is 0.740. The van der Waals surface area contributed by atoms with Gasteiger partial charge in [0.25, 0.3) is 0 Å². The molecule has 0 aliphatic heterocycles. The summed E-state index contributed by atoms with van der Waals surface area (Å²) in [6.45, 7) is 9.64. The lowest BCUT2D eigenvalue weighted by molar-refractivity contribution is 0.199. The molecule has 0 unspecified atom stereocenters. The van der Waals surface area contributed by atoms with Crippen molar-refractivity contribution >= 4 is 10.9 Å². The van der Waals surface area contributed by atoms with Gasteiger partial charge in [0.05, 0.1) is 12.1 Å². The van der Waals surface area contributed by atoms with E-state index in [0.717, 1.165) is 32.7 Å². The Hall–Kier alpha value is -1.58. The first-order chi connectivity index (χ1) is 9.76. The molecule has 0 bridgehead atoms. The summed E-state index contributed by atoms with van der Waals surface area (Å²) in [7, 11) is 1.73. The molecule has 0 amide bonds. The Labute approximate surface area is 121 Å². The van der Waals surface area contributed by atoms with Crippen molar-refractivity contribution in [3.05, 3.63) is 48.2 Å². The van der Waals surface area contributed by atoms with Gasteiger partial charge < -0.3 is 14.6 Å². The standard InChI is InChI=1S/C17H24N2O/c1-4-14(2)13-19-10-8-15-6-5-7-16(17(15)19)12-18-9-11-20-3/h5-8,10,18H,2,4,9,11-13H2,1,3H3. The van der Waals surface area contributed by atoms with Crippen molar-refractivity contribution in [2.75, 3.05) is 20.3 Å². The van der Waals surface area contributed by atoms with E-state index in [1.165, 1.54) is 22.0 Å². The molecule has 0 aliphatic rings. The average Bonchev–Trinajstić information content (AvgIpc) is 2.87. The number of para-hydroxylation sites is 1. The quantitative estimate of drug-likeness (QED) is 0.589. The molecule has 1 aromatic carbocycles. The lowest BCUT2D eigenvalue weighted by Gasteiger charge is -2.11. The topological polar surface area (TPSA) is 26.2 Å². The molecule has 0 fully saturated rings. The van der Waals surface area contributed by atoms with Gasteiger partial charge in [0, 0.05) is 32.9 Å². The number of rotatable bonds is 8. The highest BCUT2D eigenvalue weighted by Gasteiger charge is 2.06. The molecule has 2 rings (SSSR count). The monoisotopic (exact) mass is 272 g/mol. The number of methoxy groups -OCH3 is 1. The summed E-state index contributed by atoms with van der Waals surface area (Å²) in [5, 5.41) is 4.71. The van der Waals surface area contributed by atoms with Crippen molar-refractivity contribution in [1.82, 2.24) is 9.88 Å². The maximum atomic E-state index is 5.06. The molecule has 3 nitrogen and oxygen atoms in total. The molecule has 0 aliphatic carbocycles. The van der Waals surface area contributed by atoms with E-state index in [-0.39, 0.29) is 0 Å². The first kappa shape index (κ1) is 14.8. The predicted molar refractivity (Wildman–Crippen MR) is 85.0 cm³/mol. The Bertz CT molecular complexity index is 571. The molecule has 1 aromatic heterocycles. The van der Waals surface area contributed by atoms with Gasteiger partial charge in [-0.15, -0.1) is 0 Å². The average molecular weight is 272 g/mol. The molecule has 1 heterocycles. The molecule has 3 heteroatoms. The molecule has 0 atom stereocenters. The zero-order valence-electron chi connectivity index (χ0n) is 12.5. The summed E-state index contributed by atoms with van der Waals surface area (Å²) in [5.74, 6) is 0. The van der Waals surface area contributed by atoms with E-state index in [1.54, 1.807) is 7.11 Å². The minimum Gasteiger partial charge on any atom is -0.383 e. The van der Waals surface area contributed by atoms with Crippen molar-refractivity contribution in [1.29, 1.82) is 0 Å². The van der Waals surface area contributed by atoms with E-state index in [1.807, 2.05) is 0 Å². The first-order valence-corrected chi connectivity index (χ1v) is 7.19. The third-order valence-corrected chi connectivity index (χ3v) is 3.56. The summed E-state index contributed by atoms with van der Waals surface area (Å²) in [5.41, 5.74) is 3.89. The summed E-state index contributed by atoms with van der Waals surface area (Å²) in [6, 6.07) is 8.65. The van der Waals surface area contributed by atoms with E-state index >= 15 is 0 Å². The van der Waals surface area contributed by atoms with Crippen LogP contribution in [0.5, 0.6) is 0 Å². The largest absolute Gasteiger partial charge is 0.383 e. The van der Waals surface area contributed by atoms with Crippen LogP contribution in [0.3, 0.4) is 0 Å². The van der Waals surface area contributed by atoms with Crippen molar-refractivity contribution in [3.8, 4) is 0 Å². The Morgan fingerprint density at radius 1 is 1.35 bits per heavy atom. The van der Waals surface area contributed by atoms with Crippen LogP contribution < -0.4 is 5.32 Å². The molecule has 0 saturated carbocycles. The molecule has 108 valence electrons. The van der Waals surface area contributed by atoms with Gasteiger partial charge in [-0.3, -0.25) is 0 Å². The van der Waals surface area contributed by atoms with E-state index in [9.17, 15) is 0 Å². The third-order valence-electron chi connectivity index (χ3n) is 3.56. The Morgan fingerprint density at radius 3 is 2.95 bits per heavy atom. The molecule has 1 N–H and O–H groups in total. The second-order valence-electron chi connectivity index (χ2n) is 5.07. The highest BCUT2D eigenvalue weighted by atomic mass is 16.5. The van der Waals surface area contributed by atoms with E-state index in [2.05, 4.69) is 53.8 Å². The number of nitrogens with zero attached hydrogens (tertiary/aromatic N) is 1. The van der Waals surface area contributed by atoms with Gasteiger partial charge in [-0.1, -0.05) is 37.3 Å². The molecule has 0 saturated heterocycles. The summed E-state index contributed by atoms with van der Waals surface area (Å²) in [6.07, 6.45) is 3.18. The number of nitrogens with one attached hydrogen (secondary N) is 1. The zero-order valence-corrected chi connectivity index (χ0v) is 12.5. The lowest BCUT2D eigenvalue weighted by atomic mass is 10.1. The predicted octanol–water partition coefficient (Wildman–Crippen LogP) is 3.34. The number of hydrogen-bond donors (Lipinski definition) is 1. The van der Waals surface area contributed by atoms with Crippen LogP contribution in [0, 0.1) is 0 Å². The van der Waals surface area contributed by atoms with Crippen LogP contribution in [-0.4, -0.2) is 24.8 Å². The van der Waals surface area contributed by atoms with Crippen LogP contribution in [0.2, 0.25) is 0 Å². The Balaban J connectivity index is 2.20. The Morgan fingerprint density at radius 2 is 2.20 bits per heavy atom. The number of fused-ring (bicyclic) bond motifs is 1. The minimum atomic E-state index is 0.740. The van der Waals surface area contributed by atoms with Gasteiger partial charge >= 0.3 is 0 Å². The van der Waals surface area contributed by atoms with Gasteiger partial charge in [-0.2, -0.15) is 0 Å². The van der Waals surface area contributed by atoms with E-state index < -0.39 is 0 Å². The third kappa shape index (κ3) is 3.50. The maximum absolute atomic E-state index is 5.06. The zero-order chi connectivity index (χ0) is 14.4. The normalized spacial score (nSPS) is 11.1. The molecular formula is C17H24N2O. The van der Waals surface area contributed by atoms with Crippen molar-refractivity contribution in [2.24, 2.45) is 0 Å². The van der Waals surface area contributed by atoms with Crippen molar-refractivity contribution in [3.63, 3.8) is 0 Å². The Kier molecular flexibility index (Phi) is 5.39. The SMILES string of the molecule is C=C(CC)Cn1ccc2cccc(CNCCOC)c21. The van der Waals surface area contributed by atoms with Crippen LogP contribution in [0.25, 0.3) is 10.9 Å². The fourth-order valence-corrected chi connectivity index (χ4v) is 2.37. The van der Waals surface area contributed by atoms with Gasteiger partial charge in [0.2, 0.25) is 0 Å². The van der Waals surface area contributed by atoms with Gasteiger partial charge in [0.1, 0.15) is 0 Å². The highest BCUT2D eigenvalue weighted by Crippen LogP contribution is 2.21. The van der Waals surface area contributed by atoms with Crippen LogP contribution in [0.1, 0.15) is 18.9 Å². The van der Waals surface area contributed by atoms with Crippen LogP contribution in [0.4, 0.5) is 0 Å². The number of hydrogen-bond acceptors (Lipinski definition) is 2. The molecule has 2 aromatic rings. The number of allylic oxidation sites excluding steroid dienone is 1. The lowest BCUT2D eigenvalue weighted by Crippen LogP contribution is -2.19. The van der Waals surface area contributed by atoms with E-state index in [0.29, 0.717) is 0 Å². The molecule has 20 heavy (non-hydrogen) atoms. The second kappa shape index (κ2) is 7.27. The fourth-order valence-electron chi connectivity index (χ4n) is 2.37. The van der Waals surface area contributed by atoms with Crippen LogP contribution >= 0.6 is 0 Å². The number of ether oxygens (including phenoxy) is 1. The van der Waals surface area contributed by atoms with Gasteiger partial charge in [0.15, 0.2) is 0 Å². The second-order valence-corrected chi connectivity index (χ2v) is 5.07.